The van der Waals surface area contributed by atoms with E-state index in [1.807, 2.05) is 39.8 Å². The molecule has 0 aromatic carbocycles. The fraction of sp³-hybridized carbons (Fsp3) is 0.756. The summed E-state index contributed by atoms with van der Waals surface area (Å²) in [6.45, 7) is 13.9. The van der Waals surface area contributed by atoms with Gasteiger partial charge in [0.15, 0.2) is 12.1 Å². The number of sulfonamides is 1. The number of ketones is 1. The van der Waals surface area contributed by atoms with Gasteiger partial charge in [-0.15, -0.1) is 11.3 Å². The van der Waals surface area contributed by atoms with Crippen LogP contribution in [0.1, 0.15) is 81.1 Å². The van der Waals surface area contributed by atoms with Gasteiger partial charge in [0.1, 0.15) is 27.8 Å². The van der Waals surface area contributed by atoms with Crippen LogP contribution in [0.4, 0.5) is 0 Å². The van der Waals surface area contributed by atoms with E-state index in [4.69, 9.17) is 32.9 Å². The van der Waals surface area contributed by atoms with E-state index in [1.54, 1.807) is 46.8 Å². The Morgan fingerprint density at radius 1 is 1.05 bits per heavy atom. The number of cyclic esters (lactones) is 1. The van der Waals surface area contributed by atoms with Crippen LogP contribution in [0.2, 0.25) is 0 Å². The number of carbonyl (C=O) groups excluding carboxylic acids is 3. The Morgan fingerprint density at radius 2 is 1.78 bits per heavy atom. The van der Waals surface area contributed by atoms with Crippen molar-refractivity contribution in [1.29, 1.82) is 0 Å². The molecule has 0 aliphatic carbocycles. The maximum absolute atomic E-state index is 14.6. The van der Waals surface area contributed by atoms with E-state index in [9.17, 15) is 27.9 Å². The van der Waals surface area contributed by atoms with Gasteiger partial charge in [0.2, 0.25) is 10.0 Å². The SMILES string of the molecule is CC[C@H]1OC(=O)[C@H](C)[C@H]2OCC(NS(=O)(=O)c3ccc(-c4ccno4)s3)CO[C@](C)(C[C@@H](C)C(=O)[C@H](C)[C@@H]3CC(=O)O[C@]13C)[C@H](O[C@@H]1O[C@H](C)C[C@H](N(C)C)[C@H]1O)[C@H]2C. The highest BCUT2D eigenvalue weighted by molar-refractivity contribution is 7.91. The molecule has 6 heterocycles. The number of Topliss-reactive ketones (excluding diaryl/α,β-unsaturated/α-hetero) is 1. The molecule has 2 aromatic heterocycles. The van der Waals surface area contributed by atoms with Crippen LogP contribution in [0.3, 0.4) is 0 Å². The van der Waals surface area contributed by atoms with Crippen molar-refractivity contribution in [3.63, 3.8) is 0 Å². The number of fused-ring (bicyclic) bond motifs is 4. The third-order valence-corrected chi connectivity index (χ3v) is 16.1. The number of thiophene rings is 1. The maximum Gasteiger partial charge on any atom is 0.311 e. The van der Waals surface area contributed by atoms with Gasteiger partial charge in [0.25, 0.3) is 0 Å². The Labute approximate surface area is 351 Å². The molecular weight excluding hydrogens is 807 g/mol. The van der Waals surface area contributed by atoms with Gasteiger partial charge >= 0.3 is 11.9 Å². The van der Waals surface area contributed by atoms with Crippen LogP contribution in [-0.2, 0) is 52.8 Å². The van der Waals surface area contributed by atoms with Gasteiger partial charge in [-0.1, -0.05) is 32.9 Å². The predicted molar refractivity (Wildman–Crippen MR) is 214 cm³/mol. The van der Waals surface area contributed by atoms with E-state index in [2.05, 4.69) is 9.88 Å². The molecule has 4 aliphatic rings. The van der Waals surface area contributed by atoms with Crippen molar-refractivity contribution in [3.8, 4) is 10.6 Å². The second-order valence-electron chi connectivity index (χ2n) is 17.6. The molecule has 0 amide bonds. The fourth-order valence-electron chi connectivity index (χ4n) is 9.72. The average molecular weight is 868 g/mol. The number of esters is 2. The standard InChI is InChI=1S/C41H61N3O13S2/c1-11-31-41(8)27(17-32(45)56-41)23(4)34(46)21(2)18-40(7)37(55-39-35(47)28(44(9)10)16-22(3)53-39)24(5)36(25(6)38(48)54-31)51-19-26(20-52-40)43-59(49,50)33-13-12-30(58-33)29-14-15-42-57-29/h12-15,21-28,31,35-37,39,43,47H,11,16-20H2,1-10H3/t21-,22-,23-,24+,25-,26?,27+,28+,31-,35-,36+,37-,39+,40-,41+/m1/s1. The normalized spacial score (nSPS) is 40.4. The lowest BCUT2D eigenvalue weighted by Gasteiger charge is -2.48. The number of carbonyl (C=O) groups is 3. The first-order chi connectivity index (χ1) is 27.7. The monoisotopic (exact) mass is 867 g/mol. The zero-order valence-corrected chi connectivity index (χ0v) is 37.2. The van der Waals surface area contributed by atoms with Crippen LogP contribution in [0.5, 0.6) is 0 Å². The second kappa shape index (κ2) is 17.9. The van der Waals surface area contributed by atoms with Crippen LogP contribution in [-0.4, -0.2) is 129 Å². The van der Waals surface area contributed by atoms with Crippen LogP contribution in [0, 0.1) is 29.6 Å². The highest BCUT2D eigenvalue weighted by Gasteiger charge is 2.57. The fourth-order valence-corrected chi connectivity index (χ4v) is 12.2. The molecule has 18 heteroatoms. The smallest absolute Gasteiger partial charge is 0.311 e. The van der Waals surface area contributed by atoms with E-state index in [0.29, 0.717) is 23.5 Å². The van der Waals surface area contributed by atoms with Gasteiger partial charge in [-0.05, 0) is 73.2 Å². The summed E-state index contributed by atoms with van der Waals surface area (Å²) >= 11 is 1.01. The number of rotatable bonds is 8. The van der Waals surface area contributed by atoms with Gasteiger partial charge < -0.3 is 43.0 Å². The number of likely N-dealkylation sites (N-methyl/N-ethyl adjacent to an activating group) is 1. The lowest BCUT2D eigenvalue weighted by Crippen LogP contribution is -2.60. The van der Waals surface area contributed by atoms with Crippen molar-refractivity contribution in [2.75, 3.05) is 27.3 Å². The second-order valence-corrected chi connectivity index (χ2v) is 20.6. The molecule has 4 fully saturated rings. The number of nitrogens with zero attached hydrogens (tertiary/aromatic N) is 2. The largest absolute Gasteiger partial charge is 0.458 e. The quantitative estimate of drug-likeness (QED) is 0.358. The molecule has 0 spiro atoms. The van der Waals surface area contributed by atoms with Crippen LogP contribution in [0.25, 0.3) is 10.6 Å². The van der Waals surface area contributed by atoms with E-state index in [1.165, 1.54) is 12.3 Å². The van der Waals surface area contributed by atoms with Crippen molar-refractivity contribution < 1.29 is 60.9 Å². The van der Waals surface area contributed by atoms with Gasteiger partial charge in [-0.3, -0.25) is 14.4 Å². The van der Waals surface area contributed by atoms with Crippen LogP contribution in [0.15, 0.2) is 33.1 Å². The lowest BCUT2D eigenvalue weighted by atomic mass is 9.70. The number of hydrogen-bond acceptors (Lipinski definition) is 16. The lowest BCUT2D eigenvalue weighted by molar-refractivity contribution is -0.302. The Morgan fingerprint density at radius 3 is 2.44 bits per heavy atom. The van der Waals surface area contributed by atoms with Crippen LogP contribution < -0.4 is 4.72 Å². The summed E-state index contributed by atoms with van der Waals surface area (Å²) in [4.78, 5) is 44.4. The third-order valence-electron chi connectivity index (χ3n) is 12.9. The zero-order valence-electron chi connectivity index (χ0n) is 35.6. The molecular formula is C41H61N3O13S2. The summed E-state index contributed by atoms with van der Waals surface area (Å²) in [6, 6.07) is 3.47. The summed E-state index contributed by atoms with van der Waals surface area (Å²) < 4.78 is 74.7. The number of aromatic nitrogens is 1. The van der Waals surface area contributed by atoms with Crippen LogP contribution >= 0.6 is 11.3 Å². The number of aliphatic hydroxyl groups excluding tert-OH is 1. The number of ether oxygens (including phenoxy) is 6. The van der Waals surface area contributed by atoms with E-state index < -0.39 is 99.5 Å². The molecule has 6 rings (SSSR count). The van der Waals surface area contributed by atoms with Crippen molar-refractivity contribution in [2.45, 2.75) is 145 Å². The Bertz CT molecular complexity index is 1910. The summed E-state index contributed by atoms with van der Waals surface area (Å²) in [7, 11) is -0.401. The van der Waals surface area contributed by atoms with E-state index >= 15 is 0 Å². The van der Waals surface area contributed by atoms with Gasteiger partial charge in [-0.25, -0.2) is 13.1 Å². The molecule has 330 valence electrons. The van der Waals surface area contributed by atoms with Gasteiger partial charge in [0.05, 0.1) is 66.6 Å². The Kier molecular flexibility index (Phi) is 13.9. The molecule has 16 nitrogen and oxygen atoms in total. The van der Waals surface area contributed by atoms with Crippen molar-refractivity contribution in [2.24, 2.45) is 29.6 Å². The molecule has 59 heavy (non-hydrogen) atoms. The van der Waals surface area contributed by atoms with Crippen molar-refractivity contribution in [1.82, 2.24) is 14.8 Å². The zero-order chi connectivity index (χ0) is 43.2. The summed E-state index contributed by atoms with van der Waals surface area (Å²) in [5.74, 6) is -4.42. The molecule has 2 N–H and O–H groups in total. The van der Waals surface area contributed by atoms with Crippen molar-refractivity contribution >= 4 is 39.1 Å². The first-order valence-electron chi connectivity index (χ1n) is 20.6. The molecule has 15 atom stereocenters. The summed E-state index contributed by atoms with van der Waals surface area (Å²) in [6.07, 6.45) is -2.92. The number of aliphatic hydroxyl groups is 1. The van der Waals surface area contributed by atoms with Gasteiger partial charge in [-0.2, -0.15) is 0 Å². The summed E-state index contributed by atoms with van der Waals surface area (Å²) in [5, 5.41) is 15.4. The highest BCUT2D eigenvalue weighted by atomic mass is 32.2. The number of hydrogen-bond donors (Lipinski definition) is 2. The molecule has 1 unspecified atom stereocenters. The first-order valence-corrected chi connectivity index (χ1v) is 22.9. The minimum atomic E-state index is -4.15. The van der Waals surface area contributed by atoms with E-state index in [-0.39, 0.29) is 48.2 Å². The third kappa shape index (κ3) is 9.36. The molecule has 0 radical (unpaired) electrons. The topological polar surface area (TPSA) is 202 Å². The molecule has 4 saturated heterocycles. The summed E-state index contributed by atoms with van der Waals surface area (Å²) in [5.41, 5.74) is -2.64. The first kappa shape index (κ1) is 45.7. The highest BCUT2D eigenvalue weighted by Crippen LogP contribution is 2.46. The number of nitrogens with one attached hydrogen (secondary N) is 1. The average Bonchev–Trinajstić information content (AvgIpc) is 3.96. The molecule has 0 saturated carbocycles. The Balaban J connectivity index is 1.43. The molecule has 2 bridgehead atoms. The molecule has 4 aliphatic heterocycles. The predicted octanol–water partition coefficient (Wildman–Crippen LogP) is 4.20. The Hall–Kier alpha value is -2.81. The minimum absolute atomic E-state index is 0.0178. The van der Waals surface area contributed by atoms with Crippen molar-refractivity contribution in [3.05, 3.63) is 24.4 Å². The maximum atomic E-state index is 14.6. The minimum Gasteiger partial charge on any atom is -0.458 e. The molecule has 2 aromatic rings. The van der Waals surface area contributed by atoms with Gasteiger partial charge in [0, 0.05) is 35.8 Å². The van der Waals surface area contributed by atoms with E-state index in [0.717, 1.165) is 11.3 Å².